The zero-order valence-electron chi connectivity index (χ0n) is 19.5. The lowest BCUT2D eigenvalue weighted by Crippen LogP contribution is -2.62. The van der Waals surface area contributed by atoms with Crippen LogP contribution in [0.5, 0.6) is 5.75 Å². The second-order valence-corrected chi connectivity index (χ2v) is 10.7. The van der Waals surface area contributed by atoms with E-state index in [-0.39, 0.29) is 23.4 Å². The van der Waals surface area contributed by atoms with Gasteiger partial charge in [-0.05, 0) is 93.4 Å². The standard InChI is InChI=1S/C26H37N3O3/c1-27-25(31)23-7-4-8-28(23)17-24(30)29(16-18-5-3-6-22(12-18)32-2)26-13-19-9-20(14-26)11-21(10-19)15-26/h3,5-6,12,19-21,23H,4,7-11,13-17H2,1-2H3,(H,27,31). The Bertz CT molecular complexity index is 834. The number of likely N-dealkylation sites (tertiary alicyclic amines) is 1. The molecule has 1 aromatic rings. The summed E-state index contributed by atoms with van der Waals surface area (Å²) < 4.78 is 5.45. The summed E-state index contributed by atoms with van der Waals surface area (Å²) in [6.07, 6.45) is 9.30. The minimum atomic E-state index is -0.181. The van der Waals surface area contributed by atoms with Crippen molar-refractivity contribution in [3.05, 3.63) is 29.8 Å². The summed E-state index contributed by atoms with van der Waals surface area (Å²) in [6.45, 7) is 1.78. The Morgan fingerprint density at radius 1 is 1.16 bits per heavy atom. The maximum atomic E-state index is 14.0. The second-order valence-electron chi connectivity index (χ2n) is 10.7. The summed E-state index contributed by atoms with van der Waals surface area (Å²) in [5, 5.41) is 2.78. The molecule has 0 radical (unpaired) electrons. The van der Waals surface area contributed by atoms with Gasteiger partial charge in [-0.3, -0.25) is 14.5 Å². The number of nitrogens with zero attached hydrogens (tertiary/aromatic N) is 2. The fourth-order valence-corrected chi connectivity index (χ4v) is 7.61. The molecule has 6 rings (SSSR count). The molecule has 6 heteroatoms. The lowest BCUT2D eigenvalue weighted by molar-refractivity contribution is -0.154. The van der Waals surface area contributed by atoms with Crippen LogP contribution in [0.25, 0.3) is 0 Å². The summed E-state index contributed by atoms with van der Waals surface area (Å²) in [6, 6.07) is 7.95. The molecule has 4 saturated carbocycles. The van der Waals surface area contributed by atoms with Gasteiger partial charge < -0.3 is 15.0 Å². The summed E-state index contributed by atoms with van der Waals surface area (Å²) >= 11 is 0. The van der Waals surface area contributed by atoms with Crippen LogP contribution in [0.4, 0.5) is 0 Å². The average molecular weight is 440 g/mol. The summed E-state index contributed by atoms with van der Waals surface area (Å²) in [5.41, 5.74) is 1.11. The zero-order valence-corrected chi connectivity index (χ0v) is 19.5. The normalized spacial score (nSPS) is 33.3. The first-order chi connectivity index (χ1) is 15.5. The highest BCUT2D eigenvalue weighted by molar-refractivity contribution is 5.84. The van der Waals surface area contributed by atoms with Gasteiger partial charge in [-0.15, -0.1) is 0 Å². The van der Waals surface area contributed by atoms with E-state index in [4.69, 9.17) is 4.74 Å². The van der Waals surface area contributed by atoms with E-state index >= 15 is 0 Å². The first-order valence-electron chi connectivity index (χ1n) is 12.4. The lowest BCUT2D eigenvalue weighted by atomic mass is 9.52. The monoisotopic (exact) mass is 439 g/mol. The van der Waals surface area contributed by atoms with Crippen molar-refractivity contribution in [2.45, 2.75) is 69.5 Å². The third-order valence-corrected chi connectivity index (χ3v) is 8.61. The predicted molar refractivity (Wildman–Crippen MR) is 123 cm³/mol. The Hall–Kier alpha value is -2.08. The fourth-order valence-electron chi connectivity index (χ4n) is 7.61. The molecule has 4 aliphatic carbocycles. The molecule has 5 fully saturated rings. The van der Waals surface area contributed by atoms with Crippen molar-refractivity contribution in [2.75, 3.05) is 27.2 Å². The summed E-state index contributed by atoms with van der Waals surface area (Å²) in [4.78, 5) is 30.6. The van der Waals surface area contributed by atoms with Crippen LogP contribution in [0, 0.1) is 17.8 Å². The van der Waals surface area contributed by atoms with Crippen molar-refractivity contribution in [1.82, 2.24) is 15.1 Å². The van der Waals surface area contributed by atoms with Crippen molar-refractivity contribution in [3.8, 4) is 5.75 Å². The number of ether oxygens (including phenoxy) is 1. The second kappa shape index (κ2) is 8.69. The molecule has 5 aliphatic rings. The molecule has 1 aromatic carbocycles. The van der Waals surface area contributed by atoms with Crippen LogP contribution in [-0.4, -0.2) is 60.4 Å². The van der Waals surface area contributed by atoms with Crippen molar-refractivity contribution in [1.29, 1.82) is 0 Å². The first kappa shape index (κ1) is 21.7. The van der Waals surface area contributed by atoms with E-state index in [1.807, 2.05) is 12.1 Å². The molecular formula is C26H37N3O3. The van der Waals surface area contributed by atoms with Crippen molar-refractivity contribution in [2.24, 2.45) is 17.8 Å². The first-order valence-corrected chi connectivity index (χ1v) is 12.4. The van der Waals surface area contributed by atoms with Crippen molar-refractivity contribution < 1.29 is 14.3 Å². The number of nitrogens with one attached hydrogen (secondary N) is 1. The van der Waals surface area contributed by atoms with E-state index in [0.29, 0.717) is 13.1 Å². The SMILES string of the molecule is CNC(=O)C1CCCN1CC(=O)N(Cc1cccc(OC)c1)C12CC3CC(CC(C3)C1)C2. The van der Waals surface area contributed by atoms with Crippen LogP contribution < -0.4 is 10.1 Å². The lowest BCUT2D eigenvalue weighted by Gasteiger charge is -2.60. The number of likely N-dealkylation sites (N-methyl/N-ethyl adjacent to an activating group) is 1. The van der Waals surface area contributed by atoms with Crippen LogP contribution in [0.15, 0.2) is 24.3 Å². The molecule has 1 N–H and O–H groups in total. The maximum absolute atomic E-state index is 14.0. The van der Waals surface area contributed by atoms with E-state index in [1.54, 1.807) is 14.2 Å². The number of carbonyl (C=O) groups is 2. The minimum absolute atomic E-state index is 0.0167. The van der Waals surface area contributed by atoms with Gasteiger partial charge in [0.15, 0.2) is 0 Å². The van der Waals surface area contributed by atoms with E-state index < -0.39 is 0 Å². The van der Waals surface area contributed by atoms with Gasteiger partial charge in [-0.1, -0.05) is 12.1 Å². The molecule has 0 spiro atoms. The molecule has 174 valence electrons. The highest BCUT2D eigenvalue weighted by Gasteiger charge is 2.54. The summed E-state index contributed by atoms with van der Waals surface area (Å²) in [5.74, 6) is 3.36. The number of hydrogen-bond donors (Lipinski definition) is 1. The van der Waals surface area contributed by atoms with Gasteiger partial charge >= 0.3 is 0 Å². The number of rotatable bonds is 7. The molecule has 1 atom stereocenters. The Kier molecular flexibility index (Phi) is 5.91. The molecular weight excluding hydrogens is 402 g/mol. The Labute approximate surface area is 191 Å². The van der Waals surface area contributed by atoms with Gasteiger partial charge in [-0.25, -0.2) is 0 Å². The quantitative estimate of drug-likeness (QED) is 0.709. The van der Waals surface area contributed by atoms with Gasteiger partial charge in [0, 0.05) is 19.1 Å². The minimum Gasteiger partial charge on any atom is -0.497 e. The highest BCUT2D eigenvalue weighted by Crippen LogP contribution is 2.58. The van der Waals surface area contributed by atoms with Crippen molar-refractivity contribution >= 4 is 11.8 Å². The third-order valence-electron chi connectivity index (χ3n) is 8.61. The largest absolute Gasteiger partial charge is 0.497 e. The van der Waals surface area contributed by atoms with E-state index in [2.05, 4.69) is 27.2 Å². The third kappa shape index (κ3) is 4.02. The van der Waals surface area contributed by atoms with Crippen LogP contribution in [0.1, 0.15) is 56.9 Å². The molecule has 0 aromatic heterocycles. The average Bonchev–Trinajstić information content (AvgIpc) is 3.24. The predicted octanol–water partition coefficient (Wildman–Crippen LogP) is 3.20. The molecule has 1 saturated heterocycles. The highest BCUT2D eigenvalue weighted by atomic mass is 16.5. The van der Waals surface area contributed by atoms with Crippen molar-refractivity contribution in [3.63, 3.8) is 0 Å². The molecule has 32 heavy (non-hydrogen) atoms. The smallest absolute Gasteiger partial charge is 0.237 e. The van der Waals surface area contributed by atoms with Gasteiger partial charge in [0.2, 0.25) is 11.8 Å². The molecule has 4 bridgehead atoms. The fraction of sp³-hybridized carbons (Fsp3) is 0.692. The zero-order chi connectivity index (χ0) is 22.3. The number of carbonyl (C=O) groups excluding carboxylic acids is 2. The number of benzene rings is 1. The Morgan fingerprint density at radius 3 is 2.47 bits per heavy atom. The van der Waals surface area contributed by atoms with Crippen LogP contribution in [-0.2, 0) is 16.1 Å². The van der Waals surface area contributed by atoms with Gasteiger partial charge in [0.1, 0.15) is 5.75 Å². The molecule has 1 aliphatic heterocycles. The van der Waals surface area contributed by atoms with Gasteiger partial charge in [0.25, 0.3) is 0 Å². The number of methoxy groups -OCH3 is 1. The molecule has 1 unspecified atom stereocenters. The van der Waals surface area contributed by atoms with Crippen LogP contribution in [0.3, 0.4) is 0 Å². The van der Waals surface area contributed by atoms with Gasteiger partial charge in [0.05, 0.1) is 19.7 Å². The number of amides is 2. The molecule has 6 nitrogen and oxygen atoms in total. The number of hydrogen-bond acceptors (Lipinski definition) is 4. The Morgan fingerprint density at radius 2 is 1.84 bits per heavy atom. The molecule has 1 heterocycles. The Balaban J connectivity index is 1.42. The van der Waals surface area contributed by atoms with Crippen LogP contribution in [0.2, 0.25) is 0 Å². The van der Waals surface area contributed by atoms with Gasteiger partial charge in [-0.2, -0.15) is 0 Å². The van der Waals surface area contributed by atoms with E-state index in [0.717, 1.165) is 67.7 Å². The van der Waals surface area contributed by atoms with Crippen LogP contribution >= 0.6 is 0 Å². The molecule has 2 amide bonds. The maximum Gasteiger partial charge on any atom is 0.237 e. The summed E-state index contributed by atoms with van der Waals surface area (Å²) in [7, 11) is 3.37. The van der Waals surface area contributed by atoms with E-state index in [9.17, 15) is 9.59 Å². The topological polar surface area (TPSA) is 61.9 Å². The van der Waals surface area contributed by atoms with E-state index in [1.165, 1.54) is 19.3 Å².